The van der Waals surface area contributed by atoms with Crippen LogP contribution in [0.2, 0.25) is 0 Å². The number of aromatic nitrogens is 1. The zero-order valence-corrected chi connectivity index (χ0v) is 12.6. The van der Waals surface area contributed by atoms with Gasteiger partial charge in [0, 0.05) is 24.2 Å². The van der Waals surface area contributed by atoms with Crippen molar-refractivity contribution in [3.8, 4) is 0 Å². The fourth-order valence-electron chi connectivity index (χ4n) is 1.97. The highest BCUT2D eigenvalue weighted by molar-refractivity contribution is 5.94. The van der Waals surface area contributed by atoms with Crippen LogP contribution in [0.3, 0.4) is 0 Å². The number of nitrogens with one attached hydrogen (secondary N) is 1. The molecule has 4 nitrogen and oxygen atoms in total. The van der Waals surface area contributed by atoms with Gasteiger partial charge in [-0.25, -0.2) is 0 Å². The number of nitrogens with zero attached hydrogens (tertiary/aromatic N) is 1. The lowest BCUT2D eigenvalue weighted by Gasteiger charge is -2.19. The summed E-state index contributed by atoms with van der Waals surface area (Å²) in [6.07, 6.45) is 2.83. The third-order valence-electron chi connectivity index (χ3n) is 3.34. The summed E-state index contributed by atoms with van der Waals surface area (Å²) in [7, 11) is 0. The number of carbonyl (C=O) groups is 1. The first-order valence-corrected chi connectivity index (χ1v) is 6.93. The maximum Gasteiger partial charge on any atom is 0.251 e. The Hall–Kier alpha value is -2.36. The first kappa shape index (κ1) is 15.0. The summed E-state index contributed by atoms with van der Waals surface area (Å²) in [5.41, 5.74) is 2.80. The van der Waals surface area contributed by atoms with Crippen molar-refractivity contribution in [2.24, 2.45) is 0 Å². The fourth-order valence-corrected chi connectivity index (χ4v) is 1.97. The number of carbonyl (C=O) groups excluding carboxylic acids is 1. The second-order valence-corrected chi connectivity index (χ2v) is 6.08. The molecule has 2 aromatic rings. The second kappa shape index (κ2) is 5.95. The molecule has 0 bridgehead atoms. The monoisotopic (exact) mass is 284 g/mol. The first-order chi connectivity index (χ1) is 9.86. The number of benzene rings is 1. The molecule has 1 heterocycles. The van der Waals surface area contributed by atoms with Gasteiger partial charge in [-0.1, -0.05) is 32.9 Å². The molecule has 0 spiro atoms. The van der Waals surface area contributed by atoms with Gasteiger partial charge in [0.2, 0.25) is 0 Å². The van der Waals surface area contributed by atoms with Crippen LogP contribution in [-0.2, 0) is 12.0 Å². The molecule has 110 valence electrons. The minimum atomic E-state index is -0.116. The third-order valence-corrected chi connectivity index (χ3v) is 3.34. The number of pyridine rings is 1. The van der Waals surface area contributed by atoms with Crippen molar-refractivity contribution in [1.29, 1.82) is 0 Å². The van der Waals surface area contributed by atoms with Gasteiger partial charge in [-0.05, 0) is 28.7 Å². The van der Waals surface area contributed by atoms with E-state index < -0.39 is 0 Å². The minimum Gasteiger partial charge on any atom is -0.619 e. The van der Waals surface area contributed by atoms with Gasteiger partial charge in [-0.3, -0.25) is 4.79 Å². The second-order valence-electron chi connectivity index (χ2n) is 6.08. The van der Waals surface area contributed by atoms with Crippen molar-refractivity contribution < 1.29 is 9.52 Å². The molecule has 1 N–H and O–H groups in total. The smallest absolute Gasteiger partial charge is 0.251 e. The van der Waals surface area contributed by atoms with Gasteiger partial charge >= 0.3 is 0 Å². The highest BCUT2D eigenvalue weighted by atomic mass is 16.5. The molecule has 4 heteroatoms. The van der Waals surface area contributed by atoms with E-state index in [9.17, 15) is 10.0 Å². The molecule has 0 aliphatic heterocycles. The molecule has 1 amide bonds. The molecule has 1 aromatic carbocycles. The molecule has 1 aromatic heterocycles. The van der Waals surface area contributed by atoms with Crippen molar-refractivity contribution in [2.45, 2.75) is 32.7 Å². The molecular formula is C17H20N2O2. The predicted octanol–water partition coefficient (Wildman–Crippen LogP) is 2.55. The van der Waals surface area contributed by atoms with Crippen LogP contribution in [-0.4, -0.2) is 5.91 Å². The lowest BCUT2D eigenvalue weighted by atomic mass is 9.87. The molecule has 0 aliphatic carbocycles. The molecule has 21 heavy (non-hydrogen) atoms. The van der Waals surface area contributed by atoms with E-state index in [1.165, 1.54) is 18.0 Å². The highest BCUT2D eigenvalue weighted by Crippen LogP contribution is 2.22. The van der Waals surface area contributed by atoms with Gasteiger partial charge < -0.3 is 10.5 Å². The quantitative estimate of drug-likeness (QED) is 0.695. The molecule has 0 atom stereocenters. The standard InChI is InChI=1S/C17H20N2O2/c1-17(2,3)15-6-4-14(5-7-15)16(20)18-12-13-8-10-19(21)11-9-13/h4-11H,12H2,1-3H3,(H,18,20). The predicted molar refractivity (Wildman–Crippen MR) is 81.7 cm³/mol. The van der Waals surface area contributed by atoms with Crippen LogP contribution < -0.4 is 10.0 Å². The minimum absolute atomic E-state index is 0.0761. The van der Waals surface area contributed by atoms with E-state index in [1.807, 2.05) is 24.3 Å². The van der Waals surface area contributed by atoms with E-state index in [0.29, 0.717) is 12.1 Å². The Morgan fingerprint density at radius 2 is 1.67 bits per heavy atom. The van der Waals surface area contributed by atoms with Crippen LogP contribution in [0.4, 0.5) is 0 Å². The van der Waals surface area contributed by atoms with Crippen LogP contribution in [0.15, 0.2) is 48.8 Å². The van der Waals surface area contributed by atoms with Crippen LogP contribution in [0.1, 0.15) is 42.3 Å². The van der Waals surface area contributed by atoms with Crippen LogP contribution in [0.5, 0.6) is 0 Å². The topological polar surface area (TPSA) is 56.0 Å². The van der Waals surface area contributed by atoms with E-state index in [-0.39, 0.29) is 11.3 Å². The van der Waals surface area contributed by atoms with Crippen molar-refractivity contribution in [3.63, 3.8) is 0 Å². The van der Waals surface area contributed by atoms with Gasteiger partial charge in [-0.2, -0.15) is 4.73 Å². The maximum absolute atomic E-state index is 12.1. The molecule has 0 saturated carbocycles. The molecule has 0 radical (unpaired) electrons. The summed E-state index contributed by atoms with van der Waals surface area (Å²) in [6, 6.07) is 11.0. The summed E-state index contributed by atoms with van der Waals surface area (Å²) >= 11 is 0. The lowest BCUT2D eigenvalue weighted by Crippen LogP contribution is -2.26. The fraction of sp³-hybridized carbons (Fsp3) is 0.294. The Morgan fingerprint density at radius 3 is 2.19 bits per heavy atom. The van der Waals surface area contributed by atoms with Gasteiger partial charge in [0.1, 0.15) is 0 Å². The average molecular weight is 284 g/mol. The molecule has 0 unspecified atom stereocenters. The summed E-state index contributed by atoms with van der Waals surface area (Å²) < 4.78 is 0.719. The van der Waals surface area contributed by atoms with Crippen molar-refractivity contribution >= 4 is 5.91 Å². The van der Waals surface area contributed by atoms with Crippen molar-refractivity contribution in [1.82, 2.24) is 5.32 Å². The molecule has 0 aliphatic rings. The average Bonchev–Trinajstić information content (AvgIpc) is 2.45. The van der Waals surface area contributed by atoms with Crippen molar-refractivity contribution in [2.75, 3.05) is 0 Å². The first-order valence-electron chi connectivity index (χ1n) is 6.93. The zero-order chi connectivity index (χ0) is 15.5. The van der Waals surface area contributed by atoms with Gasteiger partial charge in [0.25, 0.3) is 5.91 Å². The Morgan fingerprint density at radius 1 is 1.10 bits per heavy atom. The number of rotatable bonds is 3. The number of hydrogen-bond acceptors (Lipinski definition) is 2. The van der Waals surface area contributed by atoms with Crippen molar-refractivity contribution in [3.05, 3.63) is 70.7 Å². The van der Waals surface area contributed by atoms with Crippen LogP contribution in [0, 0.1) is 5.21 Å². The van der Waals surface area contributed by atoms with Crippen LogP contribution >= 0.6 is 0 Å². The summed E-state index contributed by atoms with van der Waals surface area (Å²) in [5, 5.41) is 13.8. The highest BCUT2D eigenvalue weighted by Gasteiger charge is 2.14. The van der Waals surface area contributed by atoms with E-state index >= 15 is 0 Å². The zero-order valence-electron chi connectivity index (χ0n) is 12.6. The molecule has 2 rings (SSSR count). The van der Waals surface area contributed by atoms with Gasteiger partial charge in [-0.15, -0.1) is 0 Å². The lowest BCUT2D eigenvalue weighted by molar-refractivity contribution is -0.605. The SMILES string of the molecule is CC(C)(C)c1ccc(C(=O)NCc2cc[n+]([O-])cc2)cc1. The Balaban J connectivity index is 1.99. The summed E-state index contributed by atoms with van der Waals surface area (Å²) in [4.78, 5) is 12.1. The van der Waals surface area contributed by atoms with Gasteiger partial charge in [0.15, 0.2) is 12.4 Å². The van der Waals surface area contributed by atoms with Gasteiger partial charge in [0.05, 0.1) is 0 Å². The van der Waals surface area contributed by atoms with E-state index in [2.05, 4.69) is 26.1 Å². The maximum atomic E-state index is 12.1. The van der Waals surface area contributed by atoms with Crippen LogP contribution in [0.25, 0.3) is 0 Å². The Kier molecular flexibility index (Phi) is 4.26. The Bertz CT molecular complexity index is 611. The third kappa shape index (κ3) is 4.05. The summed E-state index contributed by atoms with van der Waals surface area (Å²) in [5.74, 6) is -0.116. The Labute approximate surface area is 125 Å². The molecular weight excluding hydrogens is 264 g/mol. The van der Waals surface area contributed by atoms with E-state index in [1.54, 1.807) is 12.1 Å². The molecule has 0 saturated heterocycles. The van der Waals surface area contributed by atoms with E-state index in [0.717, 1.165) is 10.3 Å². The molecule has 0 fully saturated rings. The number of amides is 1. The number of hydrogen-bond donors (Lipinski definition) is 1. The largest absolute Gasteiger partial charge is 0.619 e. The van der Waals surface area contributed by atoms with E-state index in [4.69, 9.17) is 0 Å². The summed E-state index contributed by atoms with van der Waals surface area (Å²) in [6.45, 7) is 6.82. The normalized spacial score (nSPS) is 11.2.